The number of hydrogen-bond donors (Lipinski definition) is 2. The molecule has 0 spiro atoms. The van der Waals surface area contributed by atoms with Crippen molar-refractivity contribution in [1.29, 1.82) is 0 Å². The molecule has 1 aliphatic rings. The normalized spacial score (nSPS) is 15.8. The van der Waals surface area contributed by atoms with E-state index in [1.807, 2.05) is 12.1 Å². The van der Waals surface area contributed by atoms with Gasteiger partial charge in [-0.1, -0.05) is 52.3 Å². The number of nitrogens with one attached hydrogen (secondary N) is 2. The molecule has 3 rings (SSSR count). The van der Waals surface area contributed by atoms with Crippen LogP contribution in [0.3, 0.4) is 0 Å². The summed E-state index contributed by atoms with van der Waals surface area (Å²) in [5, 5.41) is 6.21. The zero-order valence-corrected chi connectivity index (χ0v) is 16.3. The Morgan fingerprint density at radius 1 is 1.08 bits per heavy atom. The van der Waals surface area contributed by atoms with E-state index < -0.39 is 0 Å². The molecule has 2 aromatic rings. The Morgan fingerprint density at radius 2 is 1.73 bits per heavy atom. The second-order valence-electron chi connectivity index (χ2n) is 8.04. The lowest BCUT2D eigenvalue weighted by atomic mass is 9.67. The molecule has 1 heterocycles. The Kier molecular flexibility index (Phi) is 5.40. The molecule has 1 aromatic carbocycles. The van der Waals surface area contributed by atoms with Crippen molar-refractivity contribution < 1.29 is 9.21 Å². The topological polar surface area (TPSA) is 54.3 Å². The third kappa shape index (κ3) is 3.64. The molecule has 0 unspecified atom stereocenters. The molecule has 0 bridgehead atoms. The lowest BCUT2D eigenvalue weighted by Gasteiger charge is -2.40. The third-order valence-corrected chi connectivity index (χ3v) is 5.55. The first-order chi connectivity index (χ1) is 12.4. The number of urea groups is 1. The maximum absolute atomic E-state index is 12.7. The number of para-hydroxylation sites is 1. The smallest absolute Gasteiger partial charge is 0.319 e. The van der Waals surface area contributed by atoms with Crippen molar-refractivity contribution in [2.24, 2.45) is 0 Å². The van der Waals surface area contributed by atoms with Crippen LogP contribution in [0.15, 0.2) is 41.0 Å². The van der Waals surface area contributed by atoms with Crippen LogP contribution in [0.1, 0.15) is 75.7 Å². The Labute approximate surface area is 156 Å². The lowest BCUT2D eigenvalue weighted by molar-refractivity contribution is 0.192. The standard InChI is InChI=1S/C22H30N2O2/c1-15(2)17-8-5-9-18(16(3)4)20(17)24-21(25)23-14-22(11-7-12-22)19-10-6-13-26-19/h5-6,8-10,13,15-16H,7,11-12,14H2,1-4H3,(H2,23,24,25). The zero-order chi connectivity index (χ0) is 18.7. The van der Waals surface area contributed by atoms with Crippen molar-refractivity contribution in [3.63, 3.8) is 0 Å². The number of carbonyl (C=O) groups excluding carboxylic acids is 1. The van der Waals surface area contributed by atoms with Crippen LogP contribution in [0.25, 0.3) is 0 Å². The molecule has 2 amide bonds. The second kappa shape index (κ2) is 7.56. The molecule has 0 atom stereocenters. The predicted molar refractivity (Wildman–Crippen MR) is 106 cm³/mol. The van der Waals surface area contributed by atoms with Crippen LogP contribution in [0.5, 0.6) is 0 Å². The molecule has 0 saturated heterocycles. The first-order valence-corrected chi connectivity index (χ1v) is 9.64. The van der Waals surface area contributed by atoms with E-state index in [2.05, 4.69) is 56.5 Å². The molecule has 1 saturated carbocycles. The number of benzene rings is 1. The van der Waals surface area contributed by atoms with Crippen molar-refractivity contribution >= 4 is 11.7 Å². The largest absolute Gasteiger partial charge is 0.469 e. The zero-order valence-electron chi connectivity index (χ0n) is 16.3. The van der Waals surface area contributed by atoms with Gasteiger partial charge in [0, 0.05) is 17.6 Å². The minimum atomic E-state index is -0.141. The molecule has 140 valence electrons. The summed E-state index contributed by atoms with van der Waals surface area (Å²) in [5.41, 5.74) is 3.27. The van der Waals surface area contributed by atoms with Crippen molar-refractivity contribution in [3.05, 3.63) is 53.5 Å². The lowest BCUT2D eigenvalue weighted by Crippen LogP contribution is -2.46. The van der Waals surface area contributed by atoms with Crippen LogP contribution in [-0.4, -0.2) is 12.6 Å². The summed E-state index contributed by atoms with van der Waals surface area (Å²) in [6.07, 6.45) is 5.00. The molecule has 1 fully saturated rings. The van der Waals surface area contributed by atoms with Crippen LogP contribution in [0, 0.1) is 0 Å². The highest BCUT2D eigenvalue weighted by atomic mass is 16.3. The minimum Gasteiger partial charge on any atom is -0.469 e. The van der Waals surface area contributed by atoms with Gasteiger partial charge in [-0.2, -0.15) is 0 Å². The highest BCUT2D eigenvalue weighted by Gasteiger charge is 2.41. The molecular formula is C22H30N2O2. The Balaban J connectivity index is 1.72. The van der Waals surface area contributed by atoms with E-state index in [9.17, 15) is 4.79 Å². The van der Waals surface area contributed by atoms with E-state index in [0.29, 0.717) is 18.4 Å². The van der Waals surface area contributed by atoms with Gasteiger partial charge in [0.2, 0.25) is 0 Å². The number of rotatable bonds is 6. The molecule has 4 nitrogen and oxygen atoms in total. The van der Waals surface area contributed by atoms with Crippen molar-refractivity contribution in [1.82, 2.24) is 5.32 Å². The van der Waals surface area contributed by atoms with Gasteiger partial charge in [-0.05, 0) is 47.9 Å². The van der Waals surface area contributed by atoms with E-state index in [1.165, 1.54) is 17.5 Å². The van der Waals surface area contributed by atoms with E-state index in [-0.39, 0.29) is 11.4 Å². The molecule has 1 aromatic heterocycles. The van der Waals surface area contributed by atoms with Crippen molar-refractivity contribution in [3.8, 4) is 0 Å². The second-order valence-corrected chi connectivity index (χ2v) is 8.04. The monoisotopic (exact) mass is 354 g/mol. The SMILES string of the molecule is CC(C)c1cccc(C(C)C)c1NC(=O)NCC1(c2ccco2)CCC1. The quantitative estimate of drug-likeness (QED) is 0.692. The summed E-state index contributed by atoms with van der Waals surface area (Å²) in [6, 6.07) is 10.1. The fourth-order valence-corrected chi connectivity index (χ4v) is 3.80. The summed E-state index contributed by atoms with van der Waals surface area (Å²) in [5.74, 6) is 1.68. The van der Waals surface area contributed by atoms with E-state index in [4.69, 9.17) is 4.42 Å². The van der Waals surface area contributed by atoms with Crippen LogP contribution < -0.4 is 10.6 Å². The van der Waals surface area contributed by atoms with Gasteiger partial charge < -0.3 is 15.1 Å². The fourth-order valence-electron chi connectivity index (χ4n) is 3.80. The summed E-state index contributed by atoms with van der Waals surface area (Å²) in [4.78, 5) is 12.7. The molecule has 0 aliphatic heterocycles. The Bertz CT molecular complexity index is 717. The van der Waals surface area contributed by atoms with E-state index in [0.717, 1.165) is 24.3 Å². The third-order valence-electron chi connectivity index (χ3n) is 5.55. The van der Waals surface area contributed by atoms with Gasteiger partial charge in [0.15, 0.2) is 0 Å². The van der Waals surface area contributed by atoms with Gasteiger partial charge in [-0.25, -0.2) is 4.79 Å². The van der Waals surface area contributed by atoms with Gasteiger partial charge in [0.05, 0.1) is 6.26 Å². The van der Waals surface area contributed by atoms with E-state index >= 15 is 0 Å². The number of furan rings is 1. The number of hydrogen-bond acceptors (Lipinski definition) is 2. The predicted octanol–water partition coefficient (Wildman–Crippen LogP) is 5.77. The van der Waals surface area contributed by atoms with Crippen molar-refractivity contribution in [2.75, 3.05) is 11.9 Å². The summed E-state index contributed by atoms with van der Waals surface area (Å²) >= 11 is 0. The van der Waals surface area contributed by atoms with Gasteiger partial charge in [-0.3, -0.25) is 0 Å². The van der Waals surface area contributed by atoms with Crippen LogP contribution in [0.2, 0.25) is 0 Å². The maximum atomic E-state index is 12.7. The summed E-state index contributed by atoms with van der Waals surface area (Å²) < 4.78 is 5.62. The number of carbonyl (C=O) groups is 1. The van der Waals surface area contributed by atoms with E-state index in [1.54, 1.807) is 6.26 Å². The Hall–Kier alpha value is -2.23. The summed E-state index contributed by atoms with van der Waals surface area (Å²) in [7, 11) is 0. The maximum Gasteiger partial charge on any atom is 0.319 e. The Morgan fingerprint density at radius 3 is 2.19 bits per heavy atom. The van der Waals surface area contributed by atoms with Crippen molar-refractivity contribution in [2.45, 2.75) is 64.2 Å². The van der Waals surface area contributed by atoms with Gasteiger partial charge in [0.25, 0.3) is 0 Å². The molecule has 1 aliphatic carbocycles. The van der Waals surface area contributed by atoms with Gasteiger partial charge in [0.1, 0.15) is 5.76 Å². The molecule has 2 N–H and O–H groups in total. The molecule has 26 heavy (non-hydrogen) atoms. The van der Waals surface area contributed by atoms with Crippen LogP contribution in [0.4, 0.5) is 10.5 Å². The molecule has 4 heteroatoms. The highest BCUT2D eigenvalue weighted by Crippen LogP contribution is 2.43. The number of amides is 2. The molecular weight excluding hydrogens is 324 g/mol. The number of anilines is 1. The highest BCUT2D eigenvalue weighted by molar-refractivity contribution is 5.91. The molecule has 0 radical (unpaired) electrons. The van der Waals surface area contributed by atoms with Gasteiger partial charge in [-0.15, -0.1) is 0 Å². The summed E-state index contributed by atoms with van der Waals surface area (Å²) in [6.45, 7) is 9.23. The average molecular weight is 354 g/mol. The first-order valence-electron chi connectivity index (χ1n) is 9.64. The van der Waals surface area contributed by atoms with Crippen LogP contribution in [-0.2, 0) is 5.41 Å². The average Bonchev–Trinajstić information content (AvgIpc) is 3.08. The first kappa shape index (κ1) is 18.6. The minimum absolute atomic E-state index is 0.0424. The van der Waals surface area contributed by atoms with Gasteiger partial charge >= 0.3 is 6.03 Å². The van der Waals surface area contributed by atoms with Crippen LogP contribution >= 0.6 is 0 Å². The fraction of sp³-hybridized carbons (Fsp3) is 0.500.